The van der Waals surface area contributed by atoms with Crippen molar-refractivity contribution in [3.8, 4) is 0 Å². The highest BCUT2D eigenvalue weighted by Crippen LogP contribution is 2.34. The number of likely N-dealkylation sites (tertiary alicyclic amines) is 1. The average Bonchev–Trinajstić information content (AvgIpc) is 2.74. The fourth-order valence-corrected chi connectivity index (χ4v) is 3.40. The molecule has 0 saturated carbocycles. The molecule has 0 radical (unpaired) electrons. The van der Waals surface area contributed by atoms with Gasteiger partial charge in [0, 0.05) is 19.2 Å². The Labute approximate surface area is 183 Å². The van der Waals surface area contributed by atoms with Gasteiger partial charge >= 0.3 is 18.0 Å². The number of methoxy groups -OCH3 is 1. The second-order valence-electron chi connectivity index (χ2n) is 8.49. The average molecular weight is 433 g/mol. The minimum Gasteiger partial charge on any atom is -0.468 e. The molecule has 1 saturated heterocycles. The van der Waals surface area contributed by atoms with E-state index in [1.165, 1.54) is 18.2 Å². The van der Waals surface area contributed by atoms with Crippen molar-refractivity contribution in [3.63, 3.8) is 0 Å². The zero-order valence-corrected chi connectivity index (χ0v) is 18.8. The maximum Gasteiger partial charge on any atom is 0.411 e. The summed E-state index contributed by atoms with van der Waals surface area (Å²) in [5, 5.41) is 0. The van der Waals surface area contributed by atoms with Gasteiger partial charge in [0.25, 0.3) is 0 Å². The highest BCUT2D eigenvalue weighted by Gasteiger charge is 2.50. The minimum atomic E-state index is -1.24. The molecule has 1 aliphatic heterocycles. The van der Waals surface area contributed by atoms with Crippen molar-refractivity contribution in [2.24, 2.45) is 4.99 Å². The van der Waals surface area contributed by atoms with E-state index in [-0.39, 0.29) is 19.6 Å². The standard InChI is InChI=1S/C23H32N2O6/c1-22(2,3)31-20(27)23(13-14-24-16-19(26)29-4)12-8-9-15-25(23)21(28)30-17-18-10-6-5-7-11-18/h5-7,10-11,14H,8-9,12-13,15-17H2,1-4H3. The molecule has 1 heterocycles. The van der Waals surface area contributed by atoms with Gasteiger partial charge in [0.05, 0.1) is 7.11 Å². The third-order valence-electron chi connectivity index (χ3n) is 4.95. The number of amides is 1. The van der Waals surface area contributed by atoms with Gasteiger partial charge in [0.1, 0.15) is 24.3 Å². The molecule has 1 aromatic carbocycles. The van der Waals surface area contributed by atoms with Gasteiger partial charge in [-0.15, -0.1) is 0 Å². The number of hydrogen-bond donors (Lipinski definition) is 0. The lowest BCUT2D eigenvalue weighted by Crippen LogP contribution is -2.61. The molecule has 1 atom stereocenters. The van der Waals surface area contributed by atoms with Gasteiger partial charge in [-0.05, 0) is 45.6 Å². The monoisotopic (exact) mass is 432 g/mol. The molecule has 8 nitrogen and oxygen atoms in total. The second-order valence-corrected chi connectivity index (χ2v) is 8.49. The maximum atomic E-state index is 13.3. The summed E-state index contributed by atoms with van der Waals surface area (Å²) in [4.78, 5) is 43.2. The number of hydrogen-bond acceptors (Lipinski definition) is 7. The van der Waals surface area contributed by atoms with Crippen LogP contribution in [0.15, 0.2) is 35.3 Å². The Balaban J connectivity index is 2.23. The van der Waals surface area contributed by atoms with E-state index in [0.717, 1.165) is 18.4 Å². The van der Waals surface area contributed by atoms with E-state index in [4.69, 9.17) is 9.47 Å². The van der Waals surface area contributed by atoms with Crippen LogP contribution in [0.3, 0.4) is 0 Å². The molecule has 1 aromatic rings. The first-order valence-electron chi connectivity index (χ1n) is 10.4. The van der Waals surface area contributed by atoms with Crippen LogP contribution in [-0.4, -0.2) is 60.5 Å². The van der Waals surface area contributed by atoms with Crippen LogP contribution in [0.4, 0.5) is 4.79 Å². The van der Waals surface area contributed by atoms with Crippen LogP contribution < -0.4 is 0 Å². The van der Waals surface area contributed by atoms with Gasteiger partial charge in [0.15, 0.2) is 0 Å². The van der Waals surface area contributed by atoms with Crippen LogP contribution >= 0.6 is 0 Å². The summed E-state index contributed by atoms with van der Waals surface area (Å²) in [6.45, 7) is 5.68. The molecule has 0 bridgehead atoms. The van der Waals surface area contributed by atoms with Crippen molar-refractivity contribution >= 4 is 24.2 Å². The lowest BCUT2D eigenvalue weighted by Gasteiger charge is -2.44. The molecular formula is C23H32N2O6. The van der Waals surface area contributed by atoms with E-state index in [0.29, 0.717) is 13.0 Å². The largest absolute Gasteiger partial charge is 0.468 e. The fourth-order valence-electron chi connectivity index (χ4n) is 3.40. The summed E-state index contributed by atoms with van der Waals surface area (Å²) in [7, 11) is 1.28. The van der Waals surface area contributed by atoms with Crippen LogP contribution in [0.5, 0.6) is 0 Å². The third-order valence-corrected chi connectivity index (χ3v) is 4.95. The highest BCUT2D eigenvalue weighted by atomic mass is 16.6. The van der Waals surface area contributed by atoms with Crippen LogP contribution in [0.2, 0.25) is 0 Å². The third kappa shape index (κ3) is 7.08. The van der Waals surface area contributed by atoms with Crippen molar-refractivity contribution in [1.82, 2.24) is 4.90 Å². The van der Waals surface area contributed by atoms with Gasteiger partial charge < -0.3 is 14.2 Å². The summed E-state index contributed by atoms with van der Waals surface area (Å²) in [6.07, 6.45) is 2.97. The molecule has 170 valence electrons. The van der Waals surface area contributed by atoms with Crippen LogP contribution in [0.25, 0.3) is 0 Å². The van der Waals surface area contributed by atoms with Gasteiger partial charge in [-0.3, -0.25) is 14.7 Å². The Morgan fingerprint density at radius 1 is 1.16 bits per heavy atom. The minimum absolute atomic E-state index is 0.108. The van der Waals surface area contributed by atoms with Crippen LogP contribution in [0, 0.1) is 0 Å². The summed E-state index contributed by atoms with van der Waals surface area (Å²) < 4.78 is 15.8. The number of benzene rings is 1. The van der Waals surface area contributed by atoms with E-state index in [9.17, 15) is 14.4 Å². The van der Waals surface area contributed by atoms with Crippen LogP contribution in [0.1, 0.15) is 52.0 Å². The smallest absolute Gasteiger partial charge is 0.411 e. The Kier molecular flexibility index (Phi) is 8.59. The van der Waals surface area contributed by atoms with Gasteiger partial charge in [0.2, 0.25) is 0 Å². The van der Waals surface area contributed by atoms with Crippen LogP contribution in [-0.2, 0) is 30.4 Å². The number of nitrogens with zero attached hydrogens (tertiary/aromatic N) is 2. The Bertz CT molecular complexity index is 787. The summed E-state index contributed by atoms with van der Waals surface area (Å²) in [5.41, 5.74) is -1.10. The highest BCUT2D eigenvalue weighted by molar-refractivity contribution is 5.89. The number of carbonyl (C=O) groups excluding carboxylic acids is 3. The van der Waals surface area contributed by atoms with E-state index in [2.05, 4.69) is 9.73 Å². The Morgan fingerprint density at radius 2 is 1.87 bits per heavy atom. The SMILES string of the molecule is COC(=O)CN=CCC1(C(=O)OC(C)(C)C)CCCCN1C(=O)OCc1ccccc1. The predicted molar refractivity (Wildman–Crippen MR) is 116 cm³/mol. The van der Waals surface area contributed by atoms with Crippen molar-refractivity contribution in [2.75, 3.05) is 20.2 Å². The number of esters is 2. The molecule has 1 unspecified atom stereocenters. The number of carbonyl (C=O) groups is 3. The first kappa shape index (κ1) is 24.4. The first-order valence-corrected chi connectivity index (χ1v) is 10.4. The molecule has 2 rings (SSSR count). The number of piperidine rings is 1. The van der Waals surface area contributed by atoms with Gasteiger partial charge in [-0.25, -0.2) is 9.59 Å². The number of rotatable bonds is 7. The molecule has 8 heteroatoms. The molecule has 0 aromatic heterocycles. The molecule has 31 heavy (non-hydrogen) atoms. The lowest BCUT2D eigenvalue weighted by atomic mass is 9.84. The number of ether oxygens (including phenoxy) is 3. The zero-order valence-electron chi connectivity index (χ0n) is 18.8. The number of aliphatic imine (C=N–C) groups is 1. The summed E-state index contributed by atoms with van der Waals surface area (Å²) >= 11 is 0. The quantitative estimate of drug-likeness (QED) is 0.372. The molecule has 0 aliphatic carbocycles. The predicted octanol–water partition coefficient (Wildman–Crippen LogP) is 3.52. The molecule has 0 N–H and O–H groups in total. The Hall–Kier alpha value is -2.90. The molecule has 1 aliphatic rings. The van der Waals surface area contributed by atoms with Crippen molar-refractivity contribution in [2.45, 2.75) is 64.2 Å². The molecular weight excluding hydrogens is 400 g/mol. The van der Waals surface area contributed by atoms with E-state index in [1.807, 2.05) is 30.3 Å². The van der Waals surface area contributed by atoms with Gasteiger partial charge in [-0.1, -0.05) is 30.3 Å². The maximum absolute atomic E-state index is 13.3. The summed E-state index contributed by atoms with van der Waals surface area (Å²) in [5.74, 6) is -0.980. The lowest BCUT2D eigenvalue weighted by molar-refractivity contribution is -0.171. The van der Waals surface area contributed by atoms with E-state index < -0.39 is 29.2 Å². The van der Waals surface area contributed by atoms with Crippen molar-refractivity contribution < 1.29 is 28.6 Å². The second kappa shape index (κ2) is 10.9. The van der Waals surface area contributed by atoms with E-state index in [1.54, 1.807) is 20.8 Å². The zero-order chi connectivity index (χ0) is 22.9. The summed E-state index contributed by atoms with van der Waals surface area (Å²) in [6, 6.07) is 9.35. The first-order chi connectivity index (χ1) is 14.7. The molecule has 0 spiro atoms. The van der Waals surface area contributed by atoms with Crippen molar-refractivity contribution in [1.29, 1.82) is 0 Å². The normalized spacial score (nSPS) is 19.2. The topological polar surface area (TPSA) is 94.5 Å². The molecule has 1 amide bonds. The Morgan fingerprint density at radius 3 is 2.52 bits per heavy atom. The van der Waals surface area contributed by atoms with Gasteiger partial charge in [-0.2, -0.15) is 0 Å². The molecule has 1 fully saturated rings. The van der Waals surface area contributed by atoms with E-state index >= 15 is 0 Å². The fraction of sp³-hybridized carbons (Fsp3) is 0.565. The van der Waals surface area contributed by atoms with Crippen molar-refractivity contribution in [3.05, 3.63) is 35.9 Å².